The van der Waals surface area contributed by atoms with Gasteiger partial charge in [0.15, 0.2) is 23.3 Å². The zero-order valence-electron chi connectivity index (χ0n) is 11.2. The lowest BCUT2D eigenvalue weighted by molar-refractivity contribution is -0.130. The molecule has 0 atom stereocenters. The standard InChI is InChI=1S/C12H8Cl4F4N2O/c13-5-6(17)8(19)10(9(20)7(5)18)21-1-3-22(4-2-21)11(23)12(14,15)16/h1-4H2. The highest BCUT2D eigenvalue weighted by molar-refractivity contribution is 6.76. The molecule has 3 nitrogen and oxygen atoms in total. The van der Waals surface area contributed by atoms with Gasteiger partial charge in [-0.1, -0.05) is 46.4 Å². The summed E-state index contributed by atoms with van der Waals surface area (Å²) in [4.78, 5) is 14.0. The highest BCUT2D eigenvalue weighted by Gasteiger charge is 2.37. The van der Waals surface area contributed by atoms with Crippen LogP contribution in [0.1, 0.15) is 0 Å². The quantitative estimate of drug-likeness (QED) is 0.301. The first-order valence-corrected chi connectivity index (χ1v) is 7.69. The molecule has 0 aliphatic carbocycles. The summed E-state index contributed by atoms with van der Waals surface area (Å²) in [5.74, 6) is -7.36. The Balaban J connectivity index is 2.23. The minimum atomic E-state index is -2.16. The van der Waals surface area contributed by atoms with Crippen LogP contribution in [0.2, 0.25) is 5.02 Å². The van der Waals surface area contributed by atoms with Crippen LogP contribution in [-0.2, 0) is 4.79 Å². The molecule has 1 amide bonds. The van der Waals surface area contributed by atoms with Crippen molar-refractivity contribution in [2.75, 3.05) is 31.1 Å². The molecule has 1 aliphatic heterocycles. The van der Waals surface area contributed by atoms with E-state index in [1.54, 1.807) is 0 Å². The summed E-state index contributed by atoms with van der Waals surface area (Å²) in [5.41, 5.74) is -0.884. The van der Waals surface area contributed by atoms with Gasteiger partial charge < -0.3 is 9.80 Å². The van der Waals surface area contributed by atoms with Crippen LogP contribution < -0.4 is 4.90 Å². The maximum atomic E-state index is 13.9. The third kappa shape index (κ3) is 3.57. The molecule has 1 aromatic rings. The molecule has 23 heavy (non-hydrogen) atoms. The predicted octanol–water partition coefficient (Wildman–Crippen LogP) is 3.92. The molecule has 1 heterocycles. The highest BCUT2D eigenvalue weighted by atomic mass is 35.6. The van der Waals surface area contributed by atoms with Gasteiger partial charge in [-0.3, -0.25) is 4.79 Å². The van der Waals surface area contributed by atoms with Gasteiger partial charge in [-0.25, -0.2) is 17.6 Å². The van der Waals surface area contributed by atoms with Crippen molar-refractivity contribution in [3.8, 4) is 0 Å². The topological polar surface area (TPSA) is 23.6 Å². The van der Waals surface area contributed by atoms with Gasteiger partial charge in [-0.15, -0.1) is 0 Å². The van der Waals surface area contributed by atoms with Crippen molar-refractivity contribution in [1.29, 1.82) is 0 Å². The zero-order chi connectivity index (χ0) is 17.5. The van der Waals surface area contributed by atoms with Crippen molar-refractivity contribution >= 4 is 58.0 Å². The van der Waals surface area contributed by atoms with E-state index >= 15 is 0 Å². The second-order valence-electron chi connectivity index (χ2n) is 4.70. The molecule has 0 bridgehead atoms. The zero-order valence-corrected chi connectivity index (χ0v) is 14.2. The fraction of sp³-hybridized carbons (Fsp3) is 0.417. The Morgan fingerprint density at radius 2 is 1.30 bits per heavy atom. The molecule has 1 aliphatic rings. The number of anilines is 1. The summed E-state index contributed by atoms with van der Waals surface area (Å²) in [6.07, 6.45) is 0. The third-order valence-corrected chi connectivity index (χ3v) is 4.13. The maximum Gasteiger partial charge on any atom is 0.274 e. The van der Waals surface area contributed by atoms with Gasteiger partial charge in [-0.2, -0.15) is 0 Å². The Morgan fingerprint density at radius 1 is 0.870 bits per heavy atom. The molecule has 2 rings (SSSR count). The molecule has 1 fully saturated rings. The fourth-order valence-electron chi connectivity index (χ4n) is 2.18. The monoisotopic (exact) mass is 412 g/mol. The number of alkyl halides is 3. The molecule has 0 spiro atoms. The molecule has 128 valence electrons. The van der Waals surface area contributed by atoms with Gasteiger partial charge in [0, 0.05) is 26.2 Å². The molecule has 0 radical (unpaired) electrons. The number of rotatable bonds is 1. The van der Waals surface area contributed by atoms with Crippen LogP contribution in [0.25, 0.3) is 0 Å². The first kappa shape index (κ1) is 18.7. The van der Waals surface area contributed by atoms with Crippen LogP contribution in [0.3, 0.4) is 0 Å². The maximum absolute atomic E-state index is 13.9. The third-order valence-electron chi connectivity index (χ3n) is 3.31. The number of halogens is 8. The molecule has 0 unspecified atom stereocenters. The Labute approximate surface area is 148 Å². The summed E-state index contributed by atoms with van der Waals surface area (Å²) in [7, 11) is 0. The molecular formula is C12H8Cl4F4N2O. The number of carbonyl (C=O) groups is 1. The Morgan fingerprint density at radius 3 is 1.70 bits per heavy atom. The van der Waals surface area contributed by atoms with Gasteiger partial charge >= 0.3 is 0 Å². The number of piperazine rings is 1. The van der Waals surface area contributed by atoms with Crippen LogP contribution in [-0.4, -0.2) is 40.8 Å². The average Bonchev–Trinajstić information content (AvgIpc) is 2.50. The van der Waals surface area contributed by atoms with Crippen LogP contribution in [0.5, 0.6) is 0 Å². The number of nitrogens with zero attached hydrogens (tertiary/aromatic N) is 2. The van der Waals surface area contributed by atoms with E-state index in [2.05, 4.69) is 0 Å². The molecule has 11 heteroatoms. The average molecular weight is 414 g/mol. The van der Waals surface area contributed by atoms with E-state index in [0.29, 0.717) is 0 Å². The molecule has 0 aromatic heterocycles. The van der Waals surface area contributed by atoms with E-state index in [1.807, 2.05) is 0 Å². The number of hydrogen-bond acceptors (Lipinski definition) is 2. The van der Waals surface area contributed by atoms with E-state index in [4.69, 9.17) is 46.4 Å². The van der Waals surface area contributed by atoms with E-state index in [0.717, 1.165) is 4.90 Å². The van der Waals surface area contributed by atoms with Crippen LogP contribution in [0.4, 0.5) is 23.2 Å². The molecule has 1 aromatic carbocycles. The molecule has 1 saturated heterocycles. The Kier molecular flexibility index (Phi) is 5.45. The van der Waals surface area contributed by atoms with Crippen molar-refractivity contribution in [2.45, 2.75) is 3.79 Å². The van der Waals surface area contributed by atoms with Gasteiger partial charge in [0.25, 0.3) is 9.70 Å². The van der Waals surface area contributed by atoms with Crippen LogP contribution >= 0.6 is 46.4 Å². The summed E-state index contributed by atoms with van der Waals surface area (Å²) in [6.45, 7) is -0.309. The molecular weight excluding hydrogens is 406 g/mol. The minimum Gasteiger partial charge on any atom is -0.363 e. The van der Waals surface area contributed by atoms with E-state index in [-0.39, 0.29) is 26.2 Å². The van der Waals surface area contributed by atoms with Gasteiger partial charge in [0.05, 0.1) is 0 Å². The van der Waals surface area contributed by atoms with Crippen molar-refractivity contribution in [1.82, 2.24) is 4.90 Å². The first-order valence-electron chi connectivity index (χ1n) is 6.18. The van der Waals surface area contributed by atoms with Crippen molar-refractivity contribution in [3.63, 3.8) is 0 Å². The number of carbonyl (C=O) groups excluding carboxylic acids is 1. The molecule has 0 saturated carbocycles. The normalized spacial score (nSPS) is 16.0. The minimum absolute atomic E-state index is 0.0442. The van der Waals surface area contributed by atoms with Crippen molar-refractivity contribution in [2.24, 2.45) is 0 Å². The second-order valence-corrected chi connectivity index (χ2v) is 7.35. The fourth-order valence-corrected chi connectivity index (χ4v) is 2.71. The summed E-state index contributed by atoms with van der Waals surface area (Å²) < 4.78 is 52.6. The Bertz CT molecular complexity index is 616. The summed E-state index contributed by atoms with van der Waals surface area (Å²) in [5, 5.41) is -1.26. The predicted molar refractivity (Wildman–Crippen MR) is 80.4 cm³/mol. The lowest BCUT2D eigenvalue weighted by atomic mass is 10.2. The lowest BCUT2D eigenvalue weighted by Crippen LogP contribution is -2.52. The number of hydrogen-bond donors (Lipinski definition) is 0. The van der Waals surface area contributed by atoms with E-state index < -0.39 is 43.7 Å². The molecule has 0 N–H and O–H groups in total. The van der Waals surface area contributed by atoms with Crippen molar-refractivity contribution < 1.29 is 22.4 Å². The van der Waals surface area contributed by atoms with Gasteiger partial charge in [0.2, 0.25) is 0 Å². The van der Waals surface area contributed by atoms with Gasteiger partial charge in [-0.05, 0) is 0 Å². The van der Waals surface area contributed by atoms with E-state index in [1.165, 1.54) is 4.90 Å². The SMILES string of the molecule is O=C(N1CCN(c2c(F)c(F)c(Cl)c(F)c2F)CC1)C(Cl)(Cl)Cl. The largest absolute Gasteiger partial charge is 0.363 e. The van der Waals surface area contributed by atoms with Gasteiger partial charge in [0.1, 0.15) is 10.7 Å². The highest BCUT2D eigenvalue weighted by Crippen LogP contribution is 2.34. The summed E-state index contributed by atoms with van der Waals surface area (Å²) in [6, 6.07) is 0. The van der Waals surface area contributed by atoms with Crippen LogP contribution in [0, 0.1) is 23.3 Å². The lowest BCUT2D eigenvalue weighted by Gasteiger charge is -2.37. The Hall–Kier alpha value is -0.630. The first-order chi connectivity index (χ1) is 10.6. The van der Waals surface area contributed by atoms with E-state index in [9.17, 15) is 22.4 Å². The second kappa shape index (κ2) is 6.70. The van der Waals surface area contributed by atoms with Crippen LogP contribution in [0.15, 0.2) is 0 Å². The smallest absolute Gasteiger partial charge is 0.274 e. The summed E-state index contributed by atoms with van der Waals surface area (Å²) >= 11 is 21.6. The number of benzene rings is 1. The van der Waals surface area contributed by atoms with Crippen molar-refractivity contribution in [3.05, 3.63) is 28.3 Å². The number of amides is 1.